The molecule has 17 heavy (non-hydrogen) atoms. The molecule has 1 aromatic carbocycles. The Morgan fingerprint density at radius 2 is 2.06 bits per heavy atom. The molecule has 1 aromatic heterocycles. The van der Waals surface area contributed by atoms with E-state index >= 15 is 0 Å². The van der Waals surface area contributed by atoms with E-state index in [0.29, 0.717) is 22.2 Å². The first-order chi connectivity index (χ1) is 8.10. The highest BCUT2D eigenvalue weighted by molar-refractivity contribution is 6.29. The van der Waals surface area contributed by atoms with Crippen LogP contribution in [0.4, 0.5) is 4.39 Å². The van der Waals surface area contributed by atoms with Crippen molar-refractivity contribution in [3.05, 3.63) is 46.6 Å². The summed E-state index contributed by atoms with van der Waals surface area (Å²) in [5.74, 6) is -0.0605. The van der Waals surface area contributed by atoms with Gasteiger partial charge in [0, 0.05) is 11.6 Å². The van der Waals surface area contributed by atoms with Crippen LogP contribution in [0, 0.1) is 24.1 Å². The van der Waals surface area contributed by atoms with Gasteiger partial charge < -0.3 is 0 Å². The van der Waals surface area contributed by atoms with Gasteiger partial charge in [-0.05, 0) is 19.1 Å². The van der Waals surface area contributed by atoms with E-state index in [9.17, 15) is 4.39 Å². The first-order valence-corrected chi connectivity index (χ1v) is 5.19. The number of benzene rings is 1. The summed E-state index contributed by atoms with van der Waals surface area (Å²) in [6.45, 7) is 1.70. The van der Waals surface area contributed by atoms with Crippen LogP contribution in [-0.2, 0) is 0 Å². The Kier molecular flexibility index (Phi) is 3.03. The van der Waals surface area contributed by atoms with E-state index < -0.39 is 5.82 Å². The maximum atomic E-state index is 13.4. The van der Waals surface area contributed by atoms with Gasteiger partial charge in [-0.25, -0.2) is 14.4 Å². The highest BCUT2D eigenvalue weighted by Gasteiger charge is 2.07. The van der Waals surface area contributed by atoms with Crippen molar-refractivity contribution >= 4 is 11.6 Å². The van der Waals surface area contributed by atoms with Crippen LogP contribution < -0.4 is 0 Å². The number of nitriles is 1. The zero-order chi connectivity index (χ0) is 12.4. The molecular formula is C12H7ClFN3. The van der Waals surface area contributed by atoms with Crippen LogP contribution in [-0.4, -0.2) is 9.97 Å². The Bertz CT molecular complexity index is 599. The molecule has 0 N–H and O–H groups in total. The fourth-order valence-corrected chi connectivity index (χ4v) is 1.67. The van der Waals surface area contributed by atoms with Crippen molar-refractivity contribution in [3.63, 3.8) is 0 Å². The van der Waals surface area contributed by atoms with Gasteiger partial charge in [0.15, 0.2) is 0 Å². The van der Waals surface area contributed by atoms with E-state index in [0.717, 1.165) is 0 Å². The Morgan fingerprint density at radius 1 is 1.29 bits per heavy atom. The fourth-order valence-electron chi connectivity index (χ4n) is 1.44. The first kappa shape index (κ1) is 11.5. The predicted molar refractivity (Wildman–Crippen MR) is 61.9 cm³/mol. The van der Waals surface area contributed by atoms with Crippen molar-refractivity contribution in [1.82, 2.24) is 9.97 Å². The molecule has 5 heteroatoms. The second kappa shape index (κ2) is 4.48. The largest absolute Gasteiger partial charge is 0.233 e. The third kappa shape index (κ3) is 2.40. The summed E-state index contributed by atoms with van der Waals surface area (Å²) in [5, 5.41) is 8.93. The minimum absolute atomic E-state index is 0.00521. The van der Waals surface area contributed by atoms with Gasteiger partial charge in [0.1, 0.15) is 22.9 Å². The highest BCUT2D eigenvalue weighted by Crippen LogP contribution is 2.22. The van der Waals surface area contributed by atoms with Crippen molar-refractivity contribution in [3.8, 4) is 17.3 Å². The minimum atomic E-state index is -0.572. The quantitative estimate of drug-likeness (QED) is 0.728. The summed E-state index contributed by atoms with van der Waals surface area (Å²) in [5.41, 5.74) is 1.10. The molecule has 0 bridgehead atoms. The number of hydrogen-bond acceptors (Lipinski definition) is 3. The molecule has 0 atom stereocenters. The second-order valence-electron chi connectivity index (χ2n) is 3.43. The van der Waals surface area contributed by atoms with Gasteiger partial charge in [0.05, 0.1) is 11.3 Å². The van der Waals surface area contributed by atoms with E-state index in [1.807, 2.05) is 0 Å². The molecule has 0 saturated carbocycles. The van der Waals surface area contributed by atoms with Gasteiger partial charge in [-0.15, -0.1) is 0 Å². The summed E-state index contributed by atoms with van der Waals surface area (Å²) in [6.07, 6.45) is 0. The Morgan fingerprint density at radius 3 is 2.65 bits per heavy atom. The van der Waals surface area contributed by atoms with Crippen molar-refractivity contribution in [2.24, 2.45) is 0 Å². The maximum Gasteiger partial charge on any atom is 0.141 e. The third-order valence-electron chi connectivity index (χ3n) is 2.19. The van der Waals surface area contributed by atoms with E-state index in [2.05, 4.69) is 9.97 Å². The van der Waals surface area contributed by atoms with E-state index in [4.69, 9.17) is 16.9 Å². The van der Waals surface area contributed by atoms with Gasteiger partial charge in [-0.1, -0.05) is 17.7 Å². The van der Waals surface area contributed by atoms with Gasteiger partial charge in [-0.3, -0.25) is 0 Å². The van der Waals surface area contributed by atoms with Crippen molar-refractivity contribution in [2.45, 2.75) is 6.92 Å². The molecule has 2 rings (SSSR count). The third-order valence-corrected chi connectivity index (χ3v) is 2.39. The molecule has 0 amide bonds. The molecule has 2 aromatic rings. The molecule has 0 spiro atoms. The summed E-state index contributed by atoms with van der Waals surface area (Å²) < 4.78 is 13.4. The molecule has 0 fully saturated rings. The molecule has 0 aliphatic heterocycles. The zero-order valence-corrected chi connectivity index (χ0v) is 9.66. The highest BCUT2D eigenvalue weighted by atomic mass is 35.5. The fraction of sp³-hybridized carbons (Fsp3) is 0.0833. The topological polar surface area (TPSA) is 49.6 Å². The average molecular weight is 248 g/mol. The van der Waals surface area contributed by atoms with Crippen molar-refractivity contribution in [1.29, 1.82) is 5.26 Å². The summed E-state index contributed by atoms with van der Waals surface area (Å²) in [7, 11) is 0. The molecule has 0 unspecified atom stereocenters. The lowest BCUT2D eigenvalue weighted by Crippen LogP contribution is -1.93. The molecule has 1 heterocycles. The average Bonchev–Trinajstić information content (AvgIpc) is 2.27. The SMILES string of the molecule is Cc1nc(Cl)cc(-c2ccc(C#N)c(F)c2)n1. The lowest BCUT2D eigenvalue weighted by atomic mass is 10.1. The van der Waals surface area contributed by atoms with E-state index in [1.165, 1.54) is 12.1 Å². The second-order valence-corrected chi connectivity index (χ2v) is 3.82. The van der Waals surface area contributed by atoms with Gasteiger partial charge in [0.2, 0.25) is 0 Å². The predicted octanol–water partition coefficient (Wildman–Crippen LogP) is 3.12. The first-order valence-electron chi connectivity index (χ1n) is 4.81. The molecule has 3 nitrogen and oxygen atoms in total. The van der Waals surface area contributed by atoms with Crippen molar-refractivity contribution in [2.75, 3.05) is 0 Å². The molecule has 0 saturated heterocycles. The monoisotopic (exact) mass is 247 g/mol. The van der Waals surface area contributed by atoms with Gasteiger partial charge in [-0.2, -0.15) is 5.26 Å². The van der Waals surface area contributed by atoms with Crippen LogP contribution in [0.1, 0.15) is 11.4 Å². The molecule has 0 radical (unpaired) electrons. The van der Waals surface area contributed by atoms with E-state index in [-0.39, 0.29) is 5.56 Å². The smallest absolute Gasteiger partial charge is 0.141 e. The molecule has 84 valence electrons. The van der Waals surface area contributed by atoms with Gasteiger partial charge in [0.25, 0.3) is 0 Å². The van der Waals surface area contributed by atoms with E-state index in [1.54, 1.807) is 25.1 Å². The number of halogens is 2. The minimum Gasteiger partial charge on any atom is -0.233 e. The van der Waals surface area contributed by atoms with Gasteiger partial charge >= 0.3 is 0 Å². The number of hydrogen-bond donors (Lipinski definition) is 0. The summed E-state index contributed by atoms with van der Waals surface area (Å²) >= 11 is 5.80. The normalized spacial score (nSPS) is 10.0. The Hall–Kier alpha value is -1.99. The van der Waals surface area contributed by atoms with Crippen LogP contribution in [0.25, 0.3) is 11.3 Å². The van der Waals surface area contributed by atoms with Crippen LogP contribution in [0.5, 0.6) is 0 Å². The summed E-state index contributed by atoms with van der Waals surface area (Å²) in [4.78, 5) is 8.08. The number of aryl methyl sites for hydroxylation is 1. The number of aromatic nitrogens is 2. The summed E-state index contributed by atoms with van der Waals surface area (Å²) in [6, 6.07) is 7.61. The Labute approximate surface area is 103 Å². The maximum absolute atomic E-state index is 13.4. The lowest BCUT2D eigenvalue weighted by Gasteiger charge is -2.03. The number of nitrogens with zero attached hydrogens (tertiary/aromatic N) is 3. The Balaban J connectivity index is 2.54. The van der Waals surface area contributed by atoms with Crippen LogP contribution in [0.15, 0.2) is 24.3 Å². The van der Waals surface area contributed by atoms with Crippen LogP contribution in [0.3, 0.4) is 0 Å². The standard InChI is InChI=1S/C12H7ClFN3/c1-7-16-11(5-12(13)17-7)8-2-3-9(6-15)10(14)4-8/h2-5H,1H3. The van der Waals surface area contributed by atoms with Crippen molar-refractivity contribution < 1.29 is 4.39 Å². The lowest BCUT2D eigenvalue weighted by molar-refractivity contribution is 0.624. The van der Waals surface area contributed by atoms with Crippen LogP contribution >= 0.6 is 11.6 Å². The molecular weight excluding hydrogens is 241 g/mol. The van der Waals surface area contributed by atoms with Crippen LogP contribution in [0.2, 0.25) is 5.15 Å². The zero-order valence-electron chi connectivity index (χ0n) is 8.91. The molecule has 0 aliphatic rings. The number of rotatable bonds is 1. The molecule has 0 aliphatic carbocycles.